The van der Waals surface area contributed by atoms with Gasteiger partial charge in [0.25, 0.3) is 0 Å². The Morgan fingerprint density at radius 1 is 1.53 bits per heavy atom. The molecule has 78 valence electrons. The van der Waals surface area contributed by atoms with Crippen molar-refractivity contribution in [2.24, 2.45) is 0 Å². The summed E-state index contributed by atoms with van der Waals surface area (Å²) in [6.45, 7) is 0. The zero-order valence-corrected chi connectivity index (χ0v) is 11.0. The fourth-order valence-corrected chi connectivity index (χ4v) is 2.42. The Kier molecular flexibility index (Phi) is 3.20. The van der Waals surface area contributed by atoms with Gasteiger partial charge in [0.05, 0.1) is 5.02 Å². The first-order chi connectivity index (χ1) is 7.09. The highest BCUT2D eigenvalue weighted by molar-refractivity contribution is 9.10. The molecule has 0 saturated carbocycles. The lowest BCUT2D eigenvalue weighted by Crippen LogP contribution is -1.86. The molecule has 0 aliphatic rings. The van der Waals surface area contributed by atoms with Crippen molar-refractivity contribution in [2.75, 3.05) is 0 Å². The molecule has 0 amide bonds. The predicted molar refractivity (Wildman–Crippen MR) is 65.4 cm³/mol. The summed E-state index contributed by atoms with van der Waals surface area (Å²) >= 11 is 15.0. The molecule has 1 aromatic carbocycles. The largest absolute Gasteiger partial charge is 0.258 e. The van der Waals surface area contributed by atoms with Gasteiger partial charge in [0.1, 0.15) is 5.01 Å². The Morgan fingerprint density at radius 2 is 2.27 bits per heavy atom. The molecule has 0 fully saturated rings. The van der Waals surface area contributed by atoms with Crippen molar-refractivity contribution in [1.82, 2.24) is 10.2 Å². The molecule has 1 aromatic heterocycles. The number of H-pyrrole nitrogens is 1. The van der Waals surface area contributed by atoms with Crippen LogP contribution in [-0.2, 0) is 0 Å². The summed E-state index contributed by atoms with van der Waals surface area (Å²) in [6, 6.07) is 3.28. The second-order valence-corrected chi connectivity index (χ2v) is 5.54. The van der Waals surface area contributed by atoms with Gasteiger partial charge in [0, 0.05) is 10.0 Å². The Hall–Kier alpha value is -0.300. The summed E-state index contributed by atoms with van der Waals surface area (Å²) in [6.07, 6.45) is 0. The van der Waals surface area contributed by atoms with Gasteiger partial charge in [-0.25, -0.2) is 4.39 Å². The van der Waals surface area contributed by atoms with Crippen LogP contribution in [0.5, 0.6) is 0 Å². The van der Waals surface area contributed by atoms with E-state index in [4.69, 9.17) is 23.8 Å². The van der Waals surface area contributed by atoms with Crippen molar-refractivity contribution in [3.05, 3.63) is 31.4 Å². The molecule has 15 heavy (non-hydrogen) atoms. The van der Waals surface area contributed by atoms with Gasteiger partial charge in [0.2, 0.25) is 0 Å². The third-order valence-corrected chi connectivity index (χ3v) is 4.08. The van der Waals surface area contributed by atoms with E-state index < -0.39 is 5.82 Å². The second-order valence-electron chi connectivity index (χ2n) is 2.64. The van der Waals surface area contributed by atoms with E-state index in [1.807, 2.05) is 0 Å². The van der Waals surface area contributed by atoms with Crippen molar-refractivity contribution in [3.63, 3.8) is 0 Å². The Bertz CT molecular complexity index is 566. The first-order valence-electron chi connectivity index (χ1n) is 3.79. The molecule has 0 unspecified atom stereocenters. The third-order valence-electron chi connectivity index (χ3n) is 1.70. The zero-order valence-electron chi connectivity index (χ0n) is 7.05. The van der Waals surface area contributed by atoms with Crippen molar-refractivity contribution < 1.29 is 4.39 Å². The van der Waals surface area contributed by atoms with Crippen LogP contribution < -0.4 is 0 Å². The van der Waals surface area contributed by atoms with Gasteiger partial charge >= 0.3 is 0 Å². The summed E-state index contributed by atoms with van der Waals surface area (Å²) < 4.78 is 14.7. The third kappa shape index (κ3) is 2.13. The van der Waals surface area contributed by atoms with Gasteiger partial charge in [-0.3, -0.25) is 5.10 Å². The number of nitrogens with one attached hydrogen (secondary N) is 1. The first-order valence-corrected chi connectivity index (χ1v) is 6.18. The SMILES string of the molecule is Fc1c(-c2n[nH]c(=S)s2)ccc(Br)c1Cl. The molecule has 2 aromatic rings. The topological polar surface area (TPSA) is 28.7 Å². The lowest BCUT2D eigenvalue weighted by molar-refractivity contribution is 0.630. The molecule has 7 heteroatoms. The molecule has 0 aliphatic carbocycles. The number of aromatic amines is 1. The highest BCUT2D eigenvalue weighted by atomic mass is 79.9. The predicted octanol–water partition coefficient (Wildman–Crippen LogP) is 4.42. The molecule has 0 atom stereocenters. The molecule has 2 rings (SSSR count). The van der Waals surface area contributed by atoms with Gasteiger partial charge in [-0.05, 0) is 40.3 Å². The Balaban J connectivity index is 2.64. The van der Waals surface area contributed by atoms with Crippen molar-refractivity contribution in [1.29, 1.82) is 0 Å². The van der Waals surface area contributed by atoms with E-state index in [1.54, 1.807) is 12.1 Å². The zero-order chi connectivity index (χ0) is 11.0. The van der Waals surface area contributed by atoms with Crippen molar-refractivity contribution >= 4 is 51.1 Å². The van der Waals surface area contributed by atoms with Crippen LogP contribution in [0, 0.1) is 9.77 Å². The Labute approximate surface area is 107 Å². The number of halogens is 3. The van der Waals surface area contributed by atoms with E-state index in [-0.39, 0.29) is 5.02 Å². The molecule has 1 N–H and O–H groups in total. The van der Waals surface area contributed by atoms with E-state index >= 15 is 0 Å². The average Bonchev–Trinajstić information content (AvgIpc) is 2.61. The summed E-state index contributed by atoms with van der Waals surface area (Å²) in [4.78, 5) is 0. The van der Waals surface area contributed by atoms with Crippen LogP contribution in [0.1, 0.15) is 0 Å². The lowest BCUT2D eigenvalue weighted by atomic mass is 10.2. The van der Waals surface area contributed by atoms with Crippen LogP contribution in [0.4, 0.5) is 4.39 Å². The van der Waals surface area contributed by atoms with Crippen molar-refractivity contribution in [2.45, 2.75) is 0 Å². The van der Waals surface area contributed by atoms with Crippen LogP contribution >= 0.6 is 51.1 Å². The maximum atomic E-state index is 13.7. The lowest BCUT2D eigenvalue weighted by Gasteiger charge is -2.01. The smallest absolute Gasteiger partial charge is 0.176 e. The number of hydrogen-bond donors (Lipinski definition) is 1. The molecule has 0 radical (unpaired) electrons. The van der Waals surface area contributed by atoms with Crippen LogP contribution in [0.15, 0.2) is 16.6 Å². The minimum Gasteiger partial charge on any atom is -0.258 e. The maximum Gasteiger partial charge on any atom is 0.176 e. The summed E-state index contributed by atoms with van der Waals surface area (Å²) in [5.41, 5.74) is 0.348. The van der Waals surface area contributed by atoms with E-state index in [2.05, 4.69) is 26.1 Å². The number of benzene rings is 1. The van der Waals surface area contributed by atoms with Gasteiger partial charge in [-0.1, -0.05) is 22.9 Å². The quantitative estimate of drug-likeness (QED) is 0.621. The molecular weight excluding hydrogens is 323 g/mol. The van der Waals surface area contributed by atoms with Gasteiger partial charge < -0.3 is 0 Å². The molecule has 0 bridgehead atoms. The highest BCUT2D eigenvalue weighted by Crippen LogP contribution is 2.33. The van der Waals surface area contributed by atoms with Crippen LogP contribution in [0.2, 0.25) is 5.02 Å². The van der Waals surface area contributed by atoms with Crippen LogP contribution in [-0.4, -0.2) is 10.2 Å². The van der Waals surface area contributed by atoms with Crippen LogP contribution in [0.25, 0.3) is 10.6 Å². The molecule has 0 spiro atoms. The monoisotopic (exact) mass is 324 g/mol. The molecule has 0 saturated heterocycles. The fraction of sp³-hybridized carbons (Fsp3) is 0. The summed E-state index contributed by atoms with van der Waals surface area (Å²) in [7, 11) is 0. The normalized spacial score (nSPS) is 10.6. The number of hydrogen-bond acceptors (Lipinski definition) is 3. The number of nitrogens with zero attached hydrogens (tertiary/aromatic N) is 1. The van der Waals surface area contributed by atoms with Gasteiger partial charge in [-0.2, -0.15) is 5.10 Å². The standard InChI is InChI=1S/C8H3BrClFN2S2/c9-4-2-1-3(6(11)5(4)10)7-12-13-8(14)15-7/h1-2H,(H,13,14). The van der Waals surface area contributed by atoms with E-state index in [0.717, 1.165) is 0 Å². The van der Waals surface area contributed by atoms with E-state index in [1.165, 1.54) is 11.3 Å². The van der Waals surface area contributed by atoms with Crippen molar-refractivity contribution in [3.8, 4) is 10.6 Å². The molecule has 1 heterocycles. The van der Waals surface area contributed by atoms with Gasteiger partial charge in [0.15, 0.2) is 9.77 Å². The first kappa shape index (κ1) is 11.2. The maximum absolute atomic E-state index is 13.7. The minimum absolute atomic E-state index is 0.0496. The summed E-state index contributed by atoms with van der Waals surface area (Å²) in [5, 5.41) is 7.03. The van der Waals surface area contributed by atoms with Gasteiger partial charge in [-0.15, -0.1) is 0 Å². The van der Waals surface area contributed by atoms with Crippen LogP contribution in [0.3, 0.4) is 0 Å². The molecule has 2 nitrogen and oxygen atoms in total. The minimum atomic E-state index is -0.496. The van der Waals surface area contributed by atoms with E-state index in [0.29, 0.717) is 19.0 Å². The summed E-state index contributed by atoms with van der Waals surface area (Å²) in [5.74, 6) is -0.496. The molecule has 0 aliphatic heterocycles. The Morgan fingerprint density at radius 3 is 2.87 bits per heavy atom. The number of aromatic nitrogens is 2. The highest BCUT2D eigenvalue weighted by Gasteiger charge is 2.13. The molecular formula is C8H3BrClFN2S2. The average molecular weight is 326 g/mol. The van der Waals surface area contributed by atoms with E-state index in [9.17, 15) is 4.39 Å². The number of rotatable bonds is 1. The fourth-order valence-electron chi connectivity index (χ4n) is 1.04. The second kappa shape index (κ2) is 4.29.